The summed E-state index contributed by atoms with van der Waals surface area (Å²) in [6.07, 6.45) is 4.61. The highest BCUT2D eigenvalue weighted by molar-refractivity contribution is 6.01. The van der Waals surface area contributed by atoms with E-state index < -0.39 is 0 Å². The van der Waals surface area contributed by atoms with Crippen LogP contribution in [0, 0.1) is 5.92 Å². The van der Waals surface area contributed by atoms with Crippen LogP contribution >= 0.6 is 0 Å². The van der Waals surface area contributed by atoms with Gasteiger partial charge in [0.25, 0.3) is 0 Å². The fourth-order valence-corrected chi connectivity index (χ4v) is 3.25. The van der Waals surface area contributed by atoms with Crippen LogP contribution in [0.3, 0.4) is 0 Å². The topological polar surface area (TPSA) is 57.3 Å². The lowest BCUT2D eigenvalue weighted by Crippen LogP contribution is -2.45. The van der Waals surface area contributed by atoms with Crippen molar-refractivity contribution in [2.45, 2.75) is 40.2 Å². The first-order valence-electron chi connectivity index (χ1n) is 9.16. The third-order valence-corrected chi connectivity index (χ3v) is 4.50. The van der Waals surface area contributed by atoms with E-state index in [9.17, 15) is 4.79 Å². The number of carbonyl (C=O) groups excluding carboxylic acids is 1. The number of aromatic nitrogens is 1. The number of urea groups is 1. The number of hydrogen-bond donors (Lipinski definition) is 2. The molecule has 0 bridgehead atoms. The Balaban J connectivity index is 2.00. The van der Waals surface area contributed by atoms with Crippen LogP contribution in [0.15, 0.2) is 36.7 Å². The number of nitrogens with zero attached hydrogens (tertiary/aromatic N) is 2. The Labute approximate surface area is 150 Å². The molecule has 2 amide bonds. The number of benzene rings is 1. The van der Waals surface area contributed by atoms with Crippen LogP contribution in [0.2, 0.25) is 0 Å². The Bertz CT molecular complexity index is 677. The quantitative estimate of drug-likeness (QED) is 0.759. The van der Waals surface area contributed by atoms with Crippen LogP contribution in [0.1, 0.15) is 34.1 Å². The van der Waals surface area contributed by atoms with Gasteiger partial charge in [0.2, 0.25) is 0 Å². The number of nitrogens with one attached hydrogen (secondary N) is 2. The monoisotopic (exact) mass is 342 g/mol. The maximum Gasteiger partial charge on any atom is 0.319 e. The Morgan fingerprint density at radius 1 is 1.20 bits per heavy atom. The van der Waals surface area contributed by atoms with Gasteiger partial charge in [0.1, 0.15) is 0 Å². The van der Waals surface area contributed by atoms with Crippen molar-refractivity contribution < 1.29 is 4.79 Å². The van der Waals surface area contributed by atoms with Crippen LogP contribution in [0.4, 0.5) is 10.5 Å². The van der Waals surface area contributed by atoms with Crippen molar-refractivity contribution in [3.05, 3.63) is 36.7 Å². The van der Waals surface area contributed by atoms with Crippen molar-refractivity contribution in [1.29, 1.82) is 0 Å². The summed E-state index contributed by atoms with van der Waals surface area (Å²) in [4.78, 5) is 18.9. The summed E-state index contributed by atoms with van der Waals surface area (Å²) in [7, 11) is 0. The molecule has 2 aromatic rings. The molecule has 0 spiro atoms. The smallest absolute Gasteiger partial charge is 0.319 e. The molecule has 0 aliphatic carbocycles. The molecule has 0 aliphatic rings. The first-order chi connectivity index (χ1) is 12.0. The summed E-state index contributed by atoms with van der Waals surface area (Å²) in [5, 5.41) is 8.03. The van der Waals surface area contributed by atoms with E-state index in [1.807, 2.05) is 24.3 Å². The minimum Gasteiger partial charge on any atom is -0.336 e. The highest BCUT2D eigenvalue weighted by Gasteiger charge is 2.18. The molecule has 136 valence electrons. The minimum absolute atomic E-state index is 0.162. The lowest BCUT2D eigenvalue weighted by Gasteiger charge is -2.31. The second kappa shape index (κ2) is 9.37. The molecule has 0 saturated carbocycles. The summed E-state index contributed by atoms with van der Waals surface area (Å²) in [5.74, 6) is 0.598. The Hall–Kier alpha value is -2.14. The molecule has 0 fully saturated rings. The molecule has 1 heterocycles. The molecular weight excluding hydrogens is 312 g/mol. The molecule has 25 heavy (non-hydrogen) atoms. The van der Waals surface area contributed by atoms with Gasteiger partial charge in [-0.1, -0.05) is 39.8 Å². The average Bonchev–Trinajstić information content (AvgIpc) is 2.60. The van der Waals surface area contributed by atoms with Gasteiger partial charge in [-0.15, -0.1) is 0 Å². The fraction of sp³-hybridized carbons (Fsp3) is 0.500. The summed E-state index contributed by atoms with van der Waals surface area (Å²) >= 11 is 0. The molecule has 1 aromatic carbocycles. The van der Waals surface area contributed by atoms with Crippen LogP contribution < -0.4 is 10.6 Å². The number of anilines is 1. The third-order valence-electron chi connectivity index (χ3n) is 4.50. The summed E-state index contributed by atoms with van der Waals surface area (Å²) < 4.78 is 0. The zero-order valence-electron chi connectivity index (χ0n) is 15.7. The molecular formula is C20H30N4O. The molecule has 5 heteroatoms. The molecule has 5 nitrogen and oxygen atoms in total. The van der Waals surface area contributed by atoms with Crippen molar-refractivity contribution in [2.24, 2.45) is 5.92 Å². The van der Waals surface area contributed by atoms with Crippen molar-refractivity contribution in [3.63, 3.8) is 0 Å². The highest BCUT2D eigenvalue weighted by atomic mass is 16.2. The van der Waals surface area contributed by atoms with Gasteiger partial charge in [-0.05, 0) is 37.6 Å². The van der Waals surface area contributed by atoms with E-state index in [-0.39, 0.29) is 6.03 Å². The Morgan fingerprint density at radius 2 is 1.96 bits per heavy atom. The molecule has 2 N–H and O–H groups in total. The SMILES string of the molecule is CCN(CC)[C@@H](CNC(=O)Nc1cccc2cnccc12)CC(C)C. The van der Waals surface area contributed by atoms with Gasteiger partial charge >= 0.3 is 6.03 Å². The lowest BCUT2D eigenvalue weighted by molar-refractivity contribution is 0.186. The largest absolute Gasteiger partial charge is 0.336 e. The first-order valence-corrected chi connectivity index (χ1v) is 9.16. The van der Waals surface area contributed by atoms with Gasteiger partial charge in [-0.25, -0.2) is 4.79 Å². The van der Waals surface area contributed by atoms with Gasteiger partial charge in [0, 0.05) is 35.8 Å². The standard InChI is InChI=1S/C20H30N4O/c1-5-24(6-2)17(12-15(3)4)14-22-20(25)23-19-9-7-8-16-13-21-11-10-18(16)19/h7-11,13,15,17H,5-6,12,14H2,1-4H3,(H2,22,23,25)/t17-/m1/s1. The number of rotatable bonds is 8. The number of hydrogen-bond acceptors (Lipinski definition) is 3. The number of likely N-dealkylation sites (N-methyl/N-ethyl adjacent to an activating group) is 1. The summed E-state index contributed by atoms with van der Waals surface area (Å²) in [5.41, 5.74) is 0.806. The van der Waals surface area contributed by atoms with Gasteiger partial charge in [0.05, 0.1) is 5.69 Å². The van der Waals surface area contributed by atoms with Crippen molar-refractivity contribution in [3.8, 4) is 0 Å². The van der Waals surface area contributed by atoms with Crippen LogP contribution in [-0.4, -0.2) is 41.6 Å². The number of amides is 2. The molecule has 0 unspecified atom stereocenters. The normalized spacial score (nSPS) is 12.6. The van der Waals surface area contributed by atoms with E-state index in [0.717, 1.165) is 36.0 Å². The maximum absolute atomic E-state index is 12.4. The molecule has 2 rings (SSSR count). The third kappa shape index (κ3) is 5.43. The molecule has 0 aliphatic heterocycles. The van der Waals surface area contributed by atoms with E-state index >= 15 is 0 Å². The molecule has 1 aromatic heterocycles. The summed E-state index contributed by atoms with van der Waals surface area (Å²) in [6.45, 7) is 11.4. The van der Waals surface area contributed by atoms with Crippen LogP contribution in [0.25, 0.3) is 10.8 Å². The predicted molar refractivity (Wildman–Crippen MR) is 105 cm³/mol. The molecule has 0 radical (unpaired) electrons. The lowest BCUT2D eigenvalue weighted by atomic mass is 10.0. The molecule has 0 saturated heterocycles. The Kier molecular flexibility index (Phi) is 7.19. The predicted octanol–water partition coefficient (Wildman–Crippen LogP) is 4.11. The van der Waals surface area contributed by atoms with Crippen molar-refractivity contribution >= 4 is 22.5 Å². The number of pyridine rings is 1. The number of fused-ring (bicyclic) bond motifs is 1. The van der Waals surface area contributed by atoms with Gasteiger partial charge in [0.15, 0.2) is 0 Å². The second-order valence-corrected chi connectivity index (χ2v) is 6.74. The maximum atomic E-state index is 12.4. The van der Waals surface area contributed by atoms with E-state index in [2.05, 4.69) is 48.2 Å². The highest BCUT2D eigenvalue weighted by Crippen LogP contribution is 2.22. The van der Waals surface area contributed by atoms with Crippen LogP contribution in [-0.2, 0) is 0 Å². The number of carbonyl (C=O) groups is 1. The van der Waals surface area contributed by atoms with E-state index in [0.29, 0.717) is 18.5 Å². The van der Waals surface area contributed by atoms with Gasteiger partial charge in [-0.3, -0.25) is 9.88 Å². The fourth-order valence-electron chi connectivity index (χ4n) is 3.25. The summed E-state index contributed by atoms with van der Waals surface area (Å²) in [6, 6.07) is 7.95. The van der Waals surface area contributed by atoms with E-state index in [1.165, 1.54) is 0 Å². The van der Waals surface area contributed by atoms with Gasteiger partial charge in [-0.2, -0.15) is 0 Å². The van der Waals surface area contributed by atoms with Gasteiger partial charge < -0.3 is 10.6 Å². The van der Waals surface area contributed by atoms with E-state index in [4.69, 9.17) is 0 Å². The Morgan fingerprint density at radius 3 is 2.64 bits per heavy atom. The first kappa shape index (κ1) is 19.2. The average molecular weight is 342 g/mol. The zero-order valence-corrected chi connectivity index (χ0v) is 15.7. The van der Waals surface area contributed by atoms with Crippen molar-refractivity contribution in [2.75, 3.05) is 25.0 Å². The minimum atomic E-state index is -0.162. The second-order valence-electron chi connectivity index (χ2n) is 6.74. The molecule has 1 atom stereocenters. The van der Waals surface area contributed by atoms with Crippen molar-refractivity contribution in [1.82, 2.24) is 15.2 Å². The van der Waals surface area contributed by atoms with Crippen LogP contribution in [0.5, 0.6) is 0 Å². The zero-order chi connectivity index (χ0) is 18.2. The van der Waals surface area contributed by atoms with E-state index in [1.54, 1.807) is 12.4 Å².